The van der Waals surface area contributed by atoms with Gasteiger partial charge >= 0.3 is 17.2 Å². The van der Waals surface area contributed by atoms with Crippen LogP contribution < -0.4 is 5.56 Å². The minimum absolute atomic E-state index is 0.0466. The maximum atomic E-state index is 12.0. The molecule has 0 saturated heterocycles. The second-order valence-electron chi connectivity index (χ2n) is 3.49. The lowest BCUT2D eigenvalue weighted by Crippen LogP contribution is -2.26. The average molecular weight is 268 g/mol. The molecule has 0 saturated carbocycles. The number of aromatic nitrogens is 2. The molecule has 0 amide bonds. The lowest BCUT2D eigenvalue weighted by Gasteiger charge is -2.09. The van der Waals surface area contributed by atoms with Crippen molar-refractivity contribution in [3.05, 3.63) is 26.2 Å². The van der Waals surface area contributed by atoms with E-state index < -0.39 is 28.9 Å². The molecule has 0 aliphatic rings. The van der Waals surface area contributed by atoms with Crippen LogP contribution in [0.5, 0.6) is 0 Å². The quantitative estimate of drug-likeness (QED) is 0.343. The van der Waals surface area contributed by atoms with E-state index in [1.54, 1.807) is 6.92 Å². The first-order valence-electron chi connectivity index (χ1n) is 5.26. The minimum Gasteiger partial charge on any atom is -0.444 e. The Kier molecular flexibility index (Phi) is 4.46. The van der Waals surface area contributed by atoms with Gasteiger partial charge in [-0.1, -0.05) is 0 Å². The van der Waals surface area contributed by atoms with Crippen LogP contribution in [0.1, 0.15) is 19.5 Å². The first kappa shape index (κ1) is 14.5. The molecular formula is C10H12N4O5. The van der Waals surface area contributed by atoms with Crippen molar-refractivity contribution in [3.8, 4) is 0 Å². The highest BCUT2D eigenvalue weighted by atomic mass is 16.6. The fourth-order valence-electron chi connectivity index (χ4n) is 1.33. The molecule has 0 aliphatic carbocycles. The van der Waals surface area contributed by atoms with Gasteiger partial charge in [0.1, 0.15) is 5.69 Å². The SMILES string of the molecule is CC=Nc1nc(C)c([N+](=O)[O-])c(=O)n1COC(C)=O. The molecule has 1 rings (SSSR count). The van der Waals surface area contributed by atoms with Crippen molar-refractivity contribution in [2.75, 3.05) is 0 Å². The number of nitro groups is 1. The van der Waals surface area contributed by atoms with Gasteiger partial charge in [0.2, 0.25) is 5.95 Å². The minimum atomic E-state index is -0.917. The van der Waals surface area contributed by atoms with E-state index in [1.807, 2.05) is 0 Å². The maximum absolute atomic E-state index is 12.0. The largest absolute Gasteiger partial charge is 0.444 e. The van der Waals surface area contributed by atoms with Gasteiger partial charge in [-0.15, -0.1) is 0 Å². The standard InChI is InChI=1S/C10H12N4O5/c1-4-11-10-12-6(2)8(14(17)18)9(16)13(10)5-19-7(3)15/h4H,5H2,1-3H3. The third kappa shape index (κ3) is 3.21. The van der Waals surface area contributed by atoms with E-state index in [9.17, 15) is 19.7 Å². The molecule has 0 spiro atoms. The van der Waals surface area contributed by atoms with E-state index in [0.29, 0.717) is 0 Å². The van der Waals surface area contributed by atoms with Gasteiger partial charge in [-0.3, -0.25) is 19.7 Å². The Balaban J connectivity index is 3.46. The van der Waals surface area contributed by atoms with E-state index in [-0.39, 0.29) is 11.6 Å². The highest BCUT2D eigenvalue weighted by Gasteiger charge is 2.23. The van der Waals surface area contributed by atoms with Gasteiger partial charge in [-0.05, 0) is 13.8 Å². The molecule has 1 aromatic heterocycles. The molecule has 0 aromatic carbocycles. The summed E-state index contributed by atoms with van der Waals surface area (Å²) in [6.07, 6.45) is 1.37. The average Bonchev–Trinajstić information content (AvgIpc) is 2.27. The number of hydrogen-bond donors (Lipinski definition) is 0. The summed E-state index contributed by atoms with van der Waals surface area (Å²) in [5, 5.41) is 10.8. The molecule has 0 unspecified atom stereocenters. The van der Waals surface area contributed by atoms with Crippen molar-refractivity contribution in [1.29, 1.82) is 0 Å². The zero-order valence-corrected chi connectivity index (χ0v) is 10.6. The lowest BCUT2D eigenvalue weighted by molar-refractivity contribution is -0.387. The Morgan fingerprint density at radius 2 is 2.26 bits per heavy atom. The number of hydrogen-bond acceptors (Lipinski definition) is 7. The number of carbonyl (C=O) groups is 1. The van der Waals surface area contributed by atoms with E-state index in [2.05, 4.69) is 14.7 Å². The number of aliphatic imine (C=N–C) groups is 1. The Bertz CT molecular complexity index is 605. The van der Waals surface area contributed by atoms with Gasteiger partial charge < -0.3 is 4.74 Å². The topological polar surface area (TPSA) is 117 Å². The fraction of sp³-hybridized carbons (Fsp3) is 0.400. The molecule has 0 bridgehead atoms. The molecule has 0 aliphatic heterocycles. The van der Waals surface area contributed by atoms with Gasteiger partial charge in [0.25, 0.3) is 0 Å². The summed E-state index contributed by atoms with van der Waals surface area (Å²) in [5.74, 6) is -0.682. The Hall–Kier alpha value is -2.58. The summed E-state index contributed by atoms with van der Waals surface area (Å²) in [5.41, 5.74) is -1.63. The third-order valence-corrected chi connectivity index (χ3v) is 2.12. The summed E-state index contributed by atoms with van der Waals surface area (Å²) in [7, 11) is 0. The van der Waals surface area contributed by atoms with Crippen molar-refractivity contribution in [2.24, 2.45) is 4.99 Å². The number of nitrogens with zero attached hydrogens (tertiary/aromatic N) is 4. The van der Waals surface area contributed by atoms with Crippen LogP contribution in [0.4, 0.5) is 11.6 Å². The van der Waals surface area contributed by atoms with Crippen LogP contribution in [0.25, 0.3) is 0 Å². The molecule has 0 N–H and O–H groups in total. The van der Waals surface area contributed by atoms with Crippen LogP contribution >= 0.6 is 0 Å². The Morgan fingerprint density at radius 1 is 1.63 bits per heavy atom. The van der Waals surface area contributed by atoms with Crippen LogP contribution in [0, 0.1) is 17.0 Å². The molecule has 0 fully saturated rings. The maximum Gasteiger partial charge on any atom is 0.355 e. The predicted octanol–water partition coefficient (Wildman–Crippen LogP) is 0.703. The summed E-state index contributed by atoms with van der Waals surface area (Å²) < 4.78 is 5.48. The Morgan fingerprint density at radius 3 is 2.74 bits per heavy atom. The van der Waals surface area contributed by atoms with E-state index in [4.69, 9.17) is 0 Å². The monoisotopic (exact) mass is 268 g/mol. The molecule has 0 radical (unpaired) electrons. The van der Waals surface area contributed by atoms with Crippen LogP contribution in [0.3, 0.4) is 0 Å². The van der Waals surface area contributed by atoms with Gasteiger partial charge in [-0.25, -0.2) is 14.5 Å². The second kappa shape index (κ2) is 5.85. The lowest BCUT2D eigenvalue weighted by atomic mass is 10.4. The van der Waals surface area contributed by atoms with Gasteiger partial charge in [0.05, 0.1) is 4.92 Å². The van der Waals surface area contributed by atoms with E-state index in [1.165, 1.54) is 13.1 Å². The zero-order valence-electron chi connectivity index (χ0n) is 10.6. The highest BCUT2D eigenvalue weighted by molar-refractivity contribution is 5.65. The molecule has 9 heteroatoms. The molecular weight excluding hydrogens is 256 g/mol. The van der Waals surface area contributed by atoms with Crippen molar-refractivity contribution < 1.29 is 14.5 Å². The fourth-order valence-corrected chi connectivity index (χ4v) is 1.33. The van der Waals surface area contributed by atoms with E-state index in [0.717, 1.165) is 11.5 Å². The first-order valence-corrected chi connectivity index (χ1v) is 5.26. The summed E-state index contributed by atoms with van der Waals surface area (Å²) in [6, 6.07) is 0. The number of carbonyl (C=O) groups excluding carboxylic acids is 1. The van der Waals surface area contributed by atoms with E-state index >= 15 is 0 Å². The number of rotatable bonds is 4. The number of esters is 1. The predicted molar refractivity (Wildman–Crippen MR) is 65.5 cm³/mol. The highest BCUT2D eigenvalue weighted by Crippen LogP contribution is 2.15. The number of aryl methyl sites for hydroxylation is 1. The van der Waals surface area contributed by atoms with Crippen molar-refractivity contribution in [3.63, 3.8) is 0 Å². The summed E-state index contributed by atoms with van der Waals surface area (Å²) in [6.45, 7) is 3.61. The smallest absolute Gasteiger partial charge is 0.355 e. The van der Waals surface area contributed by atoms with Crippen molar-refractivity contribution in [2.45, 2.75) is 27.5 Å². The number of ether oxygens (including phenoxy) is 1. The van der Waals surface area contributed by atoms with Crippen LogP contribution in [0.2, 0.25) is 0 Å². The molecule has 1 heterocycles. The molecule has 0 atom stereocenters. The third-order valence-electron chi connectivity index (χ3n) is 2.12. The van der Waals surface area contributed by atoms with Crippen LogP contribution in [0.15, 0.2) is 9.79 Å². The second-order valence-corrected chi connectivity index (χ2v) is 3.49. The van der Waals surface area contributed by atoms with Gasteiger partial charge in [-0.2, -0.15) is 0 Å². The molecule has 19 heavy (non-hydrogen) atoms. The summed E-state index contributed by atoms with van der Waals surface area (Å²) in [4.78, 5) is 40.4. The molecule has 102 valence electrons. The molecule has 9 nitrogen and oxygen atoms in total. The Labute approximate surface area is 107 Å². The van der Waals surface area contributed by atoms with Gasteiger partial charge in [0, 0.05) is 13.1 Å². The van der Waals surface area contributed by atoms with Crippen molar-refractivity contribution in [1.82, 2.24) is 9.55 Å². The molecule has 1 aromatic rings. The van der Waals surface area contributed by atoms with Crippen LogP contribution in [-0.2, 0) is 16.3 Å². The normalized spacial score (nSPS) is 10.7. The van der Waals surface area contributed by atoms with Gasteiger partial charge in [0.15, 0.2) is 6.73 Å². The van der Waals surface area contributed by atoms with Crippen molar-refractivity contribution >= 4 is 23.8 Å². The first-order chi connectivity index (χ1) is 8.88. The van der Waals surface area contributed by atoms with Crippen LogP contribution in [-0.4, -0.2) is 26.7 Å². The zero-order chi connectivity index (χ0) is 14.6. The summed E-state index contributed by atoms with van der Waals surface area (Å²) >= 11 is 0.